The van der Waals surface area contributed by atoms with Crippen LogP contribution in [0.3, 0.4) is 0 Å². The van der Waals surface area contributed by atoms with E-state index in [9.17, 15) is 9.18 Å². The first kappa shape index (κ1) is 18.6. The van der Waals surface area contributed by atoms with Gasteiger partial charge in [0.15, 0.2) is 0 Å². The van der Waals surface area contributed by atoms with Crippen LogP contribution in [0.2, 0.25) is 0 Å². The number of nitrogens with one attached hydrogen (secondary N) is 1. The van der Waals surface area contributed by atoms with Crippen LogP contribution in [0, 0.1) is 5.82 Å². The highest BCUT2D eigenvalue weighted by Gasteiger charge is 2.14. The number of carbonyl (C=O) groups is 1. The van der Waals surface area contributed by atoms with Gasteiger partial charge >= 0.3 is 0 Å². The average Bonchev–Trinajstić information content (AvgIpc) is 3.17. The number of fused-ring (bicyclic) bond motifs is 1. The Hall–Kier alpha value is -2.77. The predicted molar refractivity (Wildman–Crippen MR) is 112 cm³/mol. The van der Waals surface area contributed by atoms with Crippen molar-refractivity contribution >= 4 is 39.2 Å². The van der Waals surface area contributed by atoms with E-state index in [2.05, 4.69) is 15.3 Å². The Kier molecular flexibility index (Phi) is 5.64. The highest BCUT2D eigenvalue weighted by molar-refractivity contribution is 8.00. The van der Waals surface area contributed by atoms with Gasteiger partial charge in [-0.05, 0) is 23.3 Å². The number of hydrogen-bond donors (Lipinski definition) is 1. The minimum absolute atomic E-state index is 0.0563. The summed E-state index contributed by atoms with van der Waals surface area (Å²) in [6.07, 6.45) is 1.51. The molecular formula is C21H16FN3OS2. The van der Waals surface area contributed by atoms with Crippen molar-refractivity contribution in [2.45, 2.75) is 11.6 Å². The van der Waals surface area contributed by atoms with Crippen LogP contribution in [0.15, 0.2) is 71.3 Å². The molecule has 7 heteroatoms. The molecule has 4 aromatic rings. The Morgan fingerprint density at radius 3 is 2.64 bits per heavy atom. The zero-order valence-electron chi connectivity index (χ0n) is 14.8. The fourth-order valence-electron chi connectivity index (χ4n) is 2.78. The van der Waals surface area contributed by atoms with Crippen LogP contribution in [0.25, 0.3) is 21.3 Å². The number of halogens is 1. The lowest BCUT2D eigenvalue weighted by molar-refractivity contribution is -0.118. The van der Waals surface area contributed by atoms with E-state index < -0.39 is 0 Å². The first-order valence-electron chi connectivity index (χ1n) is 8.62. The minimum atomic E-state index is -0.274. The maximum absolute atomic E-state index is 13.3. The maximum atomic E-state index is 13.3. The molecule has 0 aliphatic heterocycles. The van der Waals surface area contributed by atoms with Gasteiger partial charge in [0.05, 0.1) is 11.1 Å². The third kappa shape index (κ3) is 4.21. The number of nitrogens with zero attached hydrogens (tertiary/aromatic N) is 2. The lowest BCUT2D eigenvalue weighted by Crippen LogP contribution is -2.24. The van der Waals surface area contributed by atoms with Crippen LogP contribution in [-0.4, -0.2) is 21.6 Å². The third-order valence-corrected chi connectivity index (χ3v) is 6.04. The van der Waals surface area contributed by atoms with Crippen LogP contribution in [0.1, 0.15) is 5.56 Å². The van der Waals surface area contributed by atoms with Crippen LogP contribution in [-0.2, 0) is 11.3 Å². The van der Waals surface area contributed by atoms with Crippen molar-refractivity contribution in [2.75, 3.05) is 5.75 Å². The van der Waals surface area contributed by atoms with E-state index in [1.165, 1.54) is 41.6 Å². The number of rotatable bonds is 6. The molecule has 1 amide bonds. The number of carbonyl (C=O) groups excluding carboxylic acids is 1. The van der Waals surface area contributed by atoms with Gasteiger partial charge in [-0.3, -0.25) is 4.79 Å². The Balaban J connectivity index is 1.50. The monoisotopic (exact) mass is 409 g/mol. The predicted octanol–water partition coefficient (Wildman–Crippen LogP) is 4.91. The molecule has 28 heavy (non-hydrogen) atoms. The highest BCUT2D eigenvalue weighted by atomic mass is 32.2. The maximum Gasteiger partial charge on any atom is 0.230 e. The second-order valence-corrected chi connectivity index (χ2v) is 7.89. The zero-order chi connectivity index (χ0) is 19.3. The van der Waals surface area contributed by atoms with Crippen molar-refractivity contribution in [1.82, 2.24) is 15.3 Å². The Morgan fingerprint density at radius 2 is 1.86 bits per heavy atom. The number of thioether (sulfide) groups is 1. The van der Waals surface area contributed by atoms with E-state index in [1.54, 1.807) is 12.1 Å². The number of hydrogen-bond acceptors (Lipinski definition) is 5. The van der Waals surface area contributed by atoms with Gasteiger partial charge < -0.3 is 5.32 Å². The quantitative estimate of drug-likeness (QED) is 0.363. The lowest BCUT2D eigenvalue weighted by atomic mass is 10.1. The van der Waals surface area contributed by atoms with Crippen molar-refractivity contribution in [3.05, 3.63) is 77.7 Å². The standard InChI is InChI=1S/C21H16FN3OS2/c22-16-8-6-15(7-9-16)17-11-27-20-19(17)21(25-13-24-20)28-12-18(26)23-10-14-4-2-1-3-5-14/h1-9,11,13H,10,12H2,(H,23,26). The summed E-state index contributed by atoms with van der Waals surface area (Å²) in [5.74, 6) is -0.0686. The third-order valence-electron chi connectivity index (χ3n) is 4.16. The second-order valence-electron chi connectivity index (χ2n) is 6.07. The normalized spacial score (nSPS) is 10.9. The summed E-state index contributed by atoms with van der Waals surface area (Å²) in [5, 5.41) is 6.57. The molecule has 0 aliphatic rings. The first-order valence-corrected chi connectivity index (χ1v) is 10.5. The van der Waals surface area contributed by atoms with Crippen molar-refractivity contribution in [1.29, 1.82) is 0 Å². The fraction of sp³-hybridized carbons (Fsp3) is 0.0952. The number of aromatic nitrogens is 2. The molecule has 2 aromatic carbocycles. The molecule has 0 bridgehead atoms. The fourth-order valence-corrected chi connectivity index (χ4v) is 4.60. The van der Waals surface area contributed by atoms with Gasteiger partial charge in [-0.1, -0.05) is 54.2 Å². The van der Waals surface area contributed by atoms with E-state index in [0.717, 1.165) is 31.9 Å². The second kappa shape index (κ2) is 8.50. The molecule has 1 N–H and O–H groups in total. The number of benzene rings is 2. The molecule has 4 nitrogen and oxygen atoms in total. The molecule has 4 rings (SSSR count). The molecule has 0 saturated heterocycles. The Bertz CT molecular complexity index is 1100. The van der Waals surface area contributed by atoms with Crippen molar-refractivity contribution < 1.29 is 9.18 Å². The molecule has 0 fully saturated rings. The summed E-state index contributed by atoms with van der Waals surface area (Å²) >= 11 is 2.89. The van der Waals surface area contributed by atoms with Crippen LogP contribution in [0.4, 0.5) is 4.39 Å². The summed E-state index contributed by atoms with van der Waals surface area (Å²) in [6.45, 7) is 0.499. The van der Waals surface area contributed by atoms with Gasteiger partial charge in [-0.25, -0.2) is 14.4 Å². The van der Waals surface area contributed by atoms with Crippen LogP contribution < -0.4 is 5.32 Å². The van der Waals surface area contributed by atoms with E-state index in [4.69, 9.17) is 0 Å². The van der Waals surface area contributed by atoms with Crippen LogP contribution in [0.5, 0.6) is 0 Å². The summed E-state index contributed by atoms with van der Waals surface area (Å²) in [6, 6.07) is 16.1. The lowest BCUT2D eigenvalue weighted by Gasteiger charge is -2.07. The topological polar surface area (TPSA) is 54.9 Å². The zero-order valence-corrected chi connectivity index (χ0v) is 16.4. The van der Waals surface area contributed by atoms with Gasteiger partial charge in [0.1, 0.15) is 22.0 Å². The van der Waals surface area contributed by atoms with E-state index in [1.807, 2.05) is 35.7 Å². The first-order chi connectivity index (χ1) is 13.7. The van der Waals surface area contributed by atoms with Gasteiger partial charge in [0.2, 0.25) is 5.91 Å². The number of thiophene rings is 1. The molecule has 0 aliphatic carbocycles. The Labute approximate surface area is 169 Å². The molecule has 2 aromatic heterocycles. The average molecular weight is 410 g/mol. The molecule has 0 saturated carbocycles. The highest BCUT2D eigenvalue weighted by Crippen LogP contribution is 2.37. The molecular weight excluding hydrogens is 393 g/mol. The van der Waals surface area contributed by atoms with Gasteiger partial charge in [-0.2, -0.15) is 0 Å². The Morgan fingerprint density at radius 1 is 1.07 bits per heavy atom. The summed E-state index contributed by atoms with van der Waals surface area (Å²) in [7, 11) is 0. The van der Waals surface area contributed by atoms with E-state index in [-0.39, 0.29) is 17.5 Å². The number of amides is 1. The SMILES string of the molecule is O=C(CSc1ncnc2scc(-c3ccc(F)cc3)c12)NCc1ccccc1. The largest absolute Gasteiger partial charge is 0.351 e. The minimum Gasteiger partial charge on any atom is -0.351 e. The molecule has 140 valence electrons. The van der Waals surface area contributed by atoms with Crippen molar-refractivity contribution in [3.63, 3.8) is 0 Å². The molecule has 2 heterocycles. The van der Waals surface area contributed by atoms with Crippen LogP contribution >= 0.6 is 23.1 Å². The summed E-state index contributed by atoms with van der Waals surface area (Å²) < 4.78 is 13.3. The van der Waals surface area contributed by atoms with E-state index in [0.29, 0.717) is 6.54 Å². The van der Waals surface area contributed by atoms with Crippen molar-refractivity contribution in [2.24, 2.45) is 0 Å². The van der Waals surface area contributed by atoms with Gasteiger partial charge in [0.25, 0.3) is 0 Å². The van der Waals surface area contributed by atoms with Gasteiger partial charge in [0, 0.05) is 17.5 Å². The summed E-state index contributed by atoms with van der Waals surface area (Å²) in [5.41, 5.74) is 2.91. The smallest absolute Gasteiger partial charge is 0.230 e. The van der Waals surface area contributed by atoms with E-state index >= 15 is 0 Å². The van der Waals surface area contributed by atoms with Gasteiger partial charge in [-0.15, -0.1) is 11.3 Å². The summed E-state index contributed by atoms with van der Waals surface area (Å²) in [4.78, 5) is 21.8. The van der Waals surface area contributed by atoms with Crippen molar-refractivity contribution in [3.8, 4) is 11.1 Å². The molecule has 0 radical (unpaired) electrons. The molecule has 0 unspecified atom stereocenters. The molecule has 0 atom stereocenters. The molecule has 0 spiro atoms.